The average molecular weight is 424 g/mol. The quantitative estimate of drug-likeness (QED) is 0.489. The first-order valence-corrected chi connectivity index (χ1v) is 9.45. The van der Waals surface area contributed by atoms with Crippen molar-refractivity contribution in [3.8, 4) is 5.75 Å². The molecule has 4 N–H and O–H groups in total. The van der Waals surface area contributed by atoms with E-state index in [-0.39, 0.29) is 18.3 Å². The Labute approximate surface area is 174 Å². The number of ether oxygens (including phenoxy) is 3. The number of rotatable bonds is 6. The molecule has 9 nitrogen and oxygen atoms in total. The average Bonchev–Trinajstić information content (AvgIpc) is 2.65. The molecular formula is C21H28O9. The van der Waals surface area contributed by atoms with E-state index in [2.05, 4.69) is 0 Å². The largest absolute Gasteiger partial charge is 0.479 e. The summed E-state index contributed by atoms with van der Waals surface area (Å²) in [5.41, 5.74) is 0.754. The standard InChI is InChI=1S/C21H28O9/c1-11-7-8-12(6-5-9-28-20(27)21(2,3)4)13(10-11)29-19-16(24)14(22)15(23)17(30-19)18(25)26/h5-8,10,14-17,19,22-24H,9H2,1-4H3,(H,25,26)/b6-5+/t14-,15-,16+,17-,19?/m0/s1. The summed E-state index contributed by atoms with van der Waals surface area (Å²) in [5, 5.41) is 39.0. The predicted octanol–water partition coefficient (Wildman–Crippen LogP) is 0.869. The van der Waals surface area contributed by atoms with Crippen molar-refractivity contribution < 1.29 is 44.2 Å². The van der Waals surface area contributed by atoms with Crippen molar-refractivity contribution in [3.05, 3.63) is 35.4 Å². The van der Waals surface area contributed by atoms with Crippen LogP contribution < -0.4 is 4.74 Å². The van der Waals surface area contributed by atoms with Crippen LogP contribution in [-0.2, 0) is 19.1 Å². The number of hydrogen-bond donors (Lipinski definition) is 4. The maximum absolute atomic E-state index is 11.8. The van der Waals surface area contributed by atoms with Gasteiger partial charge in [-0.2, -0.15) is 0 Å². The molecular weight excluding hydrogens is 396 g/mol. The topological polar surface area (TPSA) is 143 Å². The van der Waals surface area contributed by atoms with Gasteiger partial charge in [-0.1, -0.05) is 18.2 Å². The van der Waals surface area contributed by atoms with Crippen molar-refractivity contribution >= 4 is 18.0 Å². The third-order valence-electron chi connectivity index (χ3n) is 4.45. The van der Waals surface area contributed by atoms with Crippen molar-refractivity contribution in [3.63, 3.8) is 0 Å². The monoisotopic (exact) mass is 424 g/mol. The number of esters is 1. The summed E-state index contributed by atoms with van der Waals surface area (Å²) in [6, 6.07) is 5.18. The van der Waals surface area contributed by atoms with Gasteiger partial charge in [0.25, 0.3) is 0 Å². The van der Waals surface area contributed by atoms with Gasteiger partial charge in [0.2, 0.25) is 6.29 Å². The fourth-order valence-corrected chi connectivity index (χ4v) is 2.67. The summed E-state index contributed by atoms with van der Waals surface area (Å²) in [6.45, 7) is 7.09. The molecule has 0 aliphatic carbocycles. The van der Waals surface area contributed by atoms with Crippen LogP contribution in [0.4, 0.5) is 0 Å². The fraction of sp³-hybridized carbons (Fsp3) is 0.524. The number of aliphatic carboxylic acids is 1. The molecule has 30 heavy (non-hydrogen) atoms. The zero-order valence-electron chi connectivity index (χ0n) is 17.3. The Morgan fingerprint density at radius 2 is 1.80 bits per heavy atom. The second-order valence-corrected chi connectivity index (χ2v) is 8.15. The van der Waals surface area contributed by atoms with E-state index in [1.807, 2.05) is 13.0 Å². The highest BCUT2D eigenvalue weighted by molar-refractivity contribution is 5.75. The van der Waals surface area contributed by atoms with Crippen molar-refractivity contribution in [1.29, 1.82) is 0 Å². The van der Waals surface area contributed by atoms with E-state index in [4.69, 9.17) is 19.3 Å². The number of aryl methyl sites for hydroxylation is 1. The van der Waals surface area contributed by atoms with Gasteiger partial charge in [-0.25, -0.2) is 4.79 Å². The van der Waals surface area contributed by atoms with Gasteiger partial charge in [0.15, 0.2) is 6.10 Å². The molecule has 1 unspecified atom stereocenters. The summed E-state index contributed by atoms with van der Waals surface area (Å²) < 4.78 is 16.0. The summed E-state index contributed by atoms with van der Waals surface area (Å²) in [4.78, 5) is 23.1. The third-order valence-corrected chi connectivity index (χ3v) is 4.45. The van der Waals surface area contributed by atoms with E-state index in [0.29, 0.717) is 5.56 Å². The van der Waals surface area contributed by atoms with Gasteiger partial charge in [-0.15, -0.1) is 0 Å². The molecule has 1 aliphatic rings. The molecule has 1 aromatic carbocycles. The first-order valence-electron chi connectivity index (χ1n) is 9.45. The lowest BCUT2D eigenvalue weighted by Gasteiger charge is -2.38. The number of aliphatic hydroxyl groups is 3. The number of benzene rings is 1. The summed E-state index contributed by atoms with van der Waals surface area (Å²) >= 11 is 0. The third kappa shape index (κ3) is 5.79. The maximum atomic E-state index is 11.8. The van der Waals surface area contributed by atoms with Gasteiger partial charge < -0.3 is 34.6 Å². The highest BCUT2D eigenvalue weighted by atomic mass is 16.7. The van der Waals surface area contributed by atoms with Crippen LogP contribution in [0, 0.1) is 12.3 Å². The lowest BCUT2D eigenvalue weighted by Crippen LogP contribution is -2.61. The Kier molecular flexibility index (Phi) is 7.59. The molecule has 0 radical (unpaired) electrons. The van der Waals surface area contributed by atoms with Crippen molar-refractivity contribution in [1.82, 2.24) is 0 Å². The molecule has 1 fully saturated rings. The van der Waals surface area contributed by atoms with E-state index < -0.39 is 42.1 Å². The van der Waals surface area contributed by atoms with E-state index >= 15 is 0 Å². The van der Waals surface area contributed by atoms with E-state index in [9.17, 15) is 24.9 Å². The zero-order valence-corrected chi connectivity index (χ0v) is 17.3. The van der Waals surface area contributed by atoms with Gasteiger partial charge in [0.05, 0.1) is 5.41 Å². The highest BCUT2D eigenvalue weighted by Crippen LogP contribution is 2.28. The number of hydrogen-bond acceptors (Lipinski definition) is 8. The molecule has 1 aliphatic heterocycles. The molecule has 0 saturated carbocycles. The van der Waals surface area contributed by atoms with Crippen LogP contribution in [0.3, 0.4) is 0 Å². The molecule has 0 amide bonds. The van der Waals surface area contributed by atoms with E-state index in [0.717, 1.165) is 5.56 Å². The minimum Gasteiger partial charge on any atom is -0.479 e. The lowest BCUT2D eigenvalue weighted by atomic mass is 9.97. The Balaban J connectivity index is 2.15. The van der Waals surface area contributed by atoms with Crippen LogP contribution in [0.5, 0.6) is 5.75 Å². The SMILES string of the molecule is Cc1ccc(/C=C/COC(=O)C(C)(C)C)c(OC2O[C@H](C(=O)O)[C@@H](O)[C@H](O)[C@H]2O)c1. The summed E-state index contributed by atoms with van der Waals surface area (Å²) in [6.07, 6.45) is -5.25. The number of carbonyl (C=O) groups is 2. The number of carboxylic acid groups (broad SMARTS) is 1. The highest BCUT2D eigenvalue weighted by Gasteiger charge is 2.48. The molecule has 1 aromatic rings. The van der Waals surface area contributed by atoms with E-state index in [1.165, 1.54) is 0 Å². The molecule has 0 bridgehead atoms. The normalized spacial score (nSPS) is 27.1. The molecule has 2 rings (SSSR count). The van der Waals surface area contributed by atoms with E-state index in [1.54, 1.807) is 45.1 Å². The molecule has 9 heteroatoms. The molecule has 1 saturated heterocycles. The minimum absolute atomic E-state index is 0.0397. The van der Waals surface area contributed by atoms with Gasteiger partial charge in [-0.05, 0) is 45.4 Å². The van der Waals surface area contributed by atoms with Crippen LogP contribution in [0.25, 0.3) is 6.08 Å². The van der Waals surface area contributed by atoms with Crippen LogP contribution >= 0.6 is 0 Å². The Hall–Kier alpha value is -2.46. The Morgan fingerprint density at radius 1 is 1.13 bits per heavy atom. The van der Waals surface area contributed by atoms with Gasteiger partial charge in [-0.3, -0.25) is 4.79 Å². The van der Waals surface area contributed by atoms with Crippen LogP contribution in [-0.4, -0.2) is 69.7 Å². The second-order valence-electron chi connectivity index (χ2n) is 8.15. The molecule has 5 atom stereocenters. The number of carboxylic acids is 1. The first kappa shape index (κ1) is 23.8. The zero-order chi connectivity index (χ0) is 22.6. The van der Waals surface area contributed by atoms with Crippen LogP contribution in [0.1, 0.15) is 31.9 Å². The number of carbonyl (C=O) groups excluding carboxylic acids is 1. The molecule has 0 aromatic heterocycles. The van der Waals surface area contributed by atoms with Crippen LogP contribution in [0.15, 0.2) is 24.3 Å². The Bertz CT molecular complexity index is 796. The van der Waals surface area contributed by atoms with Gasteiger partial charge in [0.1, 0.15) is 30.7 Å². The fourth-order valence-electron chi connectivity index (χ4n) is 2.67. The lowest BCUT2D eigenvalue weighted by molar-refractivity contribution is -0.271. The first-order chi connectivity index (χ1) is 13.9. The number of aliphatic hydroxyl groups excluding tert-OH is 3. The van der Waals surface area contributed by atoms with Crippen LogP contribution in [0.2, 0.25) is 0 Å². The molecule has 0 spiro atoms. The summed E-state index contributed by atoms with van der Waals surface area (Å²) in [5.74, 6) is -1.59. The van der Waals surface area contributed by atoms with Crippen molar-refractivity contribution in [2.75, 3.05) is 6.61 Å². The Morgan fingerprint density at radius 3 is 2.40 bits per heavy atom. The van der Waals surface area contributed by atoms with Crippen molar-refractivity contribution in [2.45, 2.75) is 58.4 Å². The maximum Gasteiger partial charge on any atom is 0.335 e. The predicted molar refractivity (Wildman–Crippen MR) is 106 cm³/mol. The second kappa shape index (κ2) is 9.57. The van der Waals surface area contributed by atoms with Gasteiger partial charge in [0, 0.05) is 5.56 Å². The smallest absolute Gasteiger partial charge is 0.335 e. The summed E-state index contributed by atoms with van der Waals surface area (Å²) in [7, 11) is 0. The van der Waals surface area contributed by atoms with Crippen molar-refractivity contribution in [2.24, 2.45) is 5.41 Å². The minimum atomic E-state index is -1.80. The van der Waals surface area contributed by atoms with Gasteiger partial charge >= 0.3 is 11.9 Å². The molecule has 1 heterocycles. The molecule has 166 valence electrons.